The normalized spacial score (nSPS) is 10.6. The number of carbonyl (C=O) groups excluding carboxylic acids is 1. The van der Waals surface area contributed by atoms with Crippen molar-refractivity contribution in [3.63, 3.8) is 0 Å². The van der Waals surface area contributed by atoms with Crippen LogP contribution in [0.15, 0.2) is 42.5 Å². The van der Waals surface area contributed by atoms with Gasteiger partial charge >= 0.3 is 12.1 Å². The number of anilines is 1. The zero-order chi connectivity index (χ0) is 21.9. The van der Waals surface area contributed by atoms with Gasteiger partial charge in [-0.15, -0.1) is 0 Å². The lowest BCUT2D eigenvalue weighted by molar-refractivity contribution is -0.138. The van der Waals surface area contributed by atoms with E-state index in [1.165, 1.54) is 5.56 Å². The molecule has 0 saturated carbocycles. The van der Waals surface area contributed by atoms with E-state index in [2.05, 4.69) is 5.32 Å². The monoisotopic (exact) mass is 430 g/mol. The van der Waals surface area contributed by atoms with Crippen LogP contribution < -0.4 is 11.1 Å². The Morgan fingerprint density at radius 2 is 1.69 bits per heavy atom. The molecule has 29 heavy (non-hydrogen) atoms. The first kappa shape index (κ1) is 24.3. The molecule has 158 valence electrons. The Morgan fingerprint density at radius 1 is 1.10 bits per heavy atom. The van der Waals surface area contributed by atoms with Crippen molar-refractivity contribution in [1.29, 1.82) is 0 Å². The number of nitrogens with one attached hydrogen (secondary N) is 1. The number of hydrogen-bond donors (Lipinski definition) is 3. The number of aryl methyl sites for hydroxylation is 2. The molecule has 0 bridgehead atoms. The maximum atomic E-state index is 12.0. The zero-order valence-electron chi connectivity index (χ0n) is 15.5. The topological polar surface area (TPSA) is 92.4 Å². The van der Waals surface area contributed by atoms with Crippen LogP contribution in [0.5, 0.6) is 0 Å². The van der Waals surface area contributed by atoms with Crippen LogP contribution >= 0.6 is 11.6 Å². The Kier molecular flexibility index (Phi) is 10.0. The van der Waals surface area contributed by atoms with Gasteiger partial charge in [0.15, 0.2) is 0 Å². The summed E-state index contributed by atoms with van der Waals surface area (Å²) < 4.78 is 36.0. The molecule has 9 heteroatoms. The lowest BCUT2D eigenvalue weighted by Crippen LogP contribution is -2.12. The molecule has 0 radical (unpaired) electrons. The van der Waals surface area contributed by atoms with Crippen LogP contribution in [0.3, 0.4) is 0 Å². The van der Waals surface area contributed by atoms with Crippen LogP contribution in [-0.2, 0) is 28.6 Å². The first-order valence-electron chi connectivity index (χ1n) is 8.72. The van der Waals surface area contributed by atoms with Gasteiger partial charge in [-0.3, -0.25) is 9.59 Å². The van der Waals surface area contributed by atoms with E-state index in [-0.39, 0.29) is 17.1 Å². The van der Waals surface area contributed by atoms with Gasteiger partial charge in [0.1, 0.15) is 0 Å². The van der Waals surface area contributed by atoms with E-state index in [0.717, 1.165) is 36.6 Å². The maximum Gasteiger partial charge on any atom is 0.416 e. The first-order valence-corrected chi connectivity index (χ1v) is 9.10. The fourth-order valence-electron chi connectivity index (χ4n) is 2.28. The number of benzene rings is 2. The zero-order valence-corrected chi connectivity index (χ0v) is 16.3. The third kappa shape index (κ3) is 9.84. The fourth-order valence-corrected chi connectivity index (χ4v) is 2.46. The van der Waals surface area contributed by atoms with Crippen molar-refractivity contribution >= 4 is 29.7 Å². The molecule has 0 aliphatic rings. The van der Waals surface area contributed by atoms with Crippen LogP contribution in [-0.4, -0.2) is 24.0 Å². The second-order valence-electron chi connectivity index (χ2n) is 6.12. The lowest BCUT2D eigenvalue weighted by Gasteiger charge is -2.07. The van der Waals surface area contributed by atoms with Gasteiger partial charge in [-0.1, -0.05) is 35.9 Å². The minimum absolute atomic E-state index is 0.0789. The van der Waals surface area contributed by atoms with E-state index < -0.39 is 17.7 Å². The predicted molar refractivity (Wildman–Crippen MR) is 106 cm³/mol. The van der Waals surface area contributed by atoms with Crippen molar-refractivity contribution in [1.82, 2.24) is 5.32 Å². The van der Waals surface area contributed by atoms with E-state index in [9.17, 15) is 22.8 Å². The number of hydrogen-bond acceptors (Lipinski definition) is 3. The van der Waals surface area contributed by atoms with Crippen LogP contribution in [0.1, 0.15) is 29.5 Å². The van der Waals surface area contributed by atoms with Gasteiger partial charge in [-0.2, -0.15) is 13.2 Å². The minimum atomic E-state index is -4.36. The molecule has 2 aromatic rings. The number of carboxylic acids is 1. The van der Waals surface area contributed by atoms with Gasteiger partial charge in [-0.25, -0.2) is 0 Å². The quantitative estimate of drug-likeness (QED) is 0.330. The summed E-state index contributed by atoms with van der Waals surface area (Å²) in [4.78, 5) is 20.4. The molecule has 0 saturated heterocycles. The molecule has 4 N–H and O–H groups in total. The van der Waals surface area contributed by atoms with Crippen LogP contribution in [0, 0.1) is 0 Å². The largest absolute Gasteiger partial charge is 0.481 e. The van der Waals surface area contributed by atoms with Gasteiger partial charge in [0.2, 0.25) is 6.41 Å². The second-order valence-corrected chi connectivity index (χ2v) is 6.53. The first-order chi connectivity index (χ1) is 13.6. The smallest absolute Gasteiger partial charge is 0.416 e. The number of halogens is 4. The molecule has 1 amide bonds. The Labute approximate surface area is 171 Å². The number of nitrogens with two attached hydrogens (primary N) is 1. The van der Waals surface area contributed by atoms with E-state index in [1.807, 2.05) is 24.3 Å². The van der Waals surface area contributed by atoms with Gasteiger partial charge in [0.25, 0.3) is 0 Å². The number of carboxylic acid groups (broad SMARTS) is 1. The Balaban J connectivity index is 0.000000308. The van der Waals surface area contributed by atoms with Gasteiger partial charge in [0, 0.05) is 13.0 Å². The molecular formula is C20H22ClF3N2O3. The van der Waals surface area contributed by atoms with E-state index in [0.29, 0.717) is 19.4 Å². The lowest BCUT2D eigenvalue weighted by atomic mass is 10.0. The standard InChI is InChI=1S/C13H17NO3.C7H5ClF3N/c15-10-14-9-1-2-11-3-5-12(6-4-11)7-8-13(16)17;8-5-3-4(7(9,10)11)1-2-6(5)12/h3-6,10H,1-2,7-9H2,(H,14,15)(H,16,17);1-3H,12H2. The van der Waals surface area contributed by atoms with E-state index in [4.69, 9.17) is 22.4 Å². The Morgan fingerprint density at radius 3 is 2.17 bits per heavy atom. The predicted octanol–water partition coefficient (Wildman–Crippen LogP) is 4.32. The maximum absolute atomic E-state index is 12.0. The summed E-state index contributed by atoms with van der Waals surface area (Å²) >= 11 is 5.39. The van der Waals surface area contributed by atoms with Crippen molar-refractivity contribution in [2.24, 2.45) is 0 Å². The van der Waals surface area contributed by atoms with Gasteiger partial charge in [-0.05, 0) is 48.6 Å². The number of alkyl halides is 3. The molecule has 0 heterocycles. The summed E-state index contributed by atoms with van der Waals surface area (Å²) in [5.41, 5.74) is 6.83. The third-order valence-corrected chi connectivity index (χ3v) is 4.18. The van der Waals surface area contributed by atoms with Crippen molar-refractivity contribution in [3.8, 4) is 0 Å². The number of amides is 1. The third-order valence-electron chi connectivity index (χ3n) is 3.85. The van der Waals surface area contributed by atoms with Gasteiger partial charge < -0.3 is 16.2 Å². The number of carbonyl (C=O) groups is 2. The Hall–Kier alpha value is -2.74. The summed E-state index contributed by atoms with van der Waals surface area (Å²) in [6.07, 6.45) is -1.09. The molecule has 0 unspecified atom stereocenters. The highest BCUT2D eigenvalue weighted by atomic mass is 35.5. The summed E-state index contributed by atoms with van der Waals surface area (Å²) in [5.74, 6) is -0.769. The minimum Gasteiger partial charge on any atom is -0.481 e. The molecule has 0 aliphatic heterocycles. The second kappa shape index (κ2) is 12.0. The van der Waals surface area contributed by atoms with Crippen LogP contribution in [0.2, 0.25) is 5.02 Å². The van der Waals surface area contributed by atoms with Crippen molar-refractivity contribution in [2.45, 2.75) is 31.9 Å². The van der Waals surface area contributed by atoms with Crippen molar-refractivity contribution < 1.29 is 27.9 Å². The summed E-state index contributed by atoms with van der Waals surface area (Å²) in [6.45, 7) is 0.685. The molecular weight excluding hydrogens is 409 g/mol. The average molecular weight is 431 g/mol. The number of nitrogen functional groups attached to an aromatic ring is 1. The SMILES string of the molecule is Nc1ccc(C(F)(F)F)cc1Cl.O=CNCCCc1ccc(CCC(=O)O)cc1. The Bertz CT molecular complexity index is 797. The highest BCUT2D eigenvalue weighted by molar-refractivity contribution is 6.33. The van der Waals surface area contributed by atoms with Crippen molar-refractivity contribution in [2.75, 3.05) is 12.3 Å². The number of rotatable bonds is 8. The molecule has 0 atom stereocenters. The van der Waals surface area contributed by atoms with Crippen LogP contribution in [0.4, 0.5) is 18.9 Å². The van der Waals surface area contributed by atoms with E-state index >= 15 is 0 Å². The molecule has 0 fully saturated rings. The summed E-state index contributed by atoms with van der Waals surface area (Å²) in [5, 5.41) is 11.1. The molecule has 0 aliphatic carbocycles. The number of aliphatic carboxylic acids is 1. The summed E-state index contributed by atoms with van der Waals surface area (Å²) in [7, 11) is 0. The highest BCUT2D eigenvalue weighted by Crippen LogP contribution is 2.32. The average Bonchev–Trinajstić information content (AvgIpc) is 2.66. The molecule has 5 nitrogen and oxygen atoms in total. The fraction of sp³-hybridized carbons (Fsp3) is 0.300. The van der Waals surface area contributed by atoms with Crippen molar-refractivity contribution in [3.05, 3.63) is 64.2 Å². The molecule has 2 rings (SSSR count). The molecule has 0 spiro atoms. The van der Waals surface area contributed by atoms with E-state index in [1.54, 1.807) is 0 Å². The molecule has 2 aromatic carbocycles. The van der Waals surface area contributed by atoms with Crippen LogP contribution in [0.25, 0.3) is 0 Å². The summed E-state index contributed by atoms with van der Waals surface area (Å²) in [6, 6.07) is 10.8. The highest BCUT2D eigenvalue weighted by Gasteiger charge is 2.30. The van der Waals surface area contributed by atoms with Gasteiger partial charge in [0.05, 0.1) is 16.3 Å². The molecule has 0 aromatic heterocycles.